The van der Waals surface area contributed by atoms with E-state index < -0.39 is 0 Å². The van der Waals surface area contributed by atoms with Crippen molar-refractivity contribution < 1.29 is 13.9 Å². The van der Waals surface area contributed by atoms with Crippen molar-refractivity contribution in [2.75, 3.05) is 26.9 Å². The minimum Gasteiger partial charge on any atom is -0.494 e. The van der Waals surface area contributed by atoms with Crippen LogP contribution in [0.25, 0.3) is 0 Å². The third-order valence-corrected chi connectivity index (χ3v) is 5.00. The van der Waals surface area contributed by atoms with E-state index in [1.807, 2.05) is 16.9 Å². The molecule has 0 spiro atoms. The first-order valence-electron chi connectivity index (χ1n) is 8.86. The van der Waals surface area contributed by atoms with E-state index in [2.05, 4.69) is 23.4 Å². The van der Waals surface area contributed by atoms with Gasteiger partial charge in [-0.25, -0.2) is 4.39 Å². The Kier molecular flexibility index (Phi) is 5.71. The van der Waals surface area contributed by atoms with Crippen molar-refractivity contribution in [2.24, 2.45) is 0 Å². The standard InChI is InChI=1S/C19H26FN3O2/c1-3-23-16(7-11-22-23)6-10-21-19(8-12-25-13-9-19)15-4-5-18(24-2)17(20)14-15/h4-5,7,11,14,21H,3,6,8-10,12-13H2,1-2H3. The van der Waals surface area contributed by atoms with Crippen LogP contribution in [0.3, 0.4) is 0 Å². The van der Waals surface area contributed by atoms with Crippen LogP contribution in [0.4, 0.5) is 4.39 Å². The van der Waals surface area contributed by atoms with E-state index in [0.29, 0.717) is 13.2 Å². The number of aromatic nitrogens is 2. The van der Waals surface area contributed by atoms with Crippen molar-refractivity contribution >= 4 is 0 Å². The Morgan fingerprint density at radius 1 is 1.32 bits per heavy atom. The van der Waals surface area contributed by atoms with Gasteiger partial charge in [0.2, 0.25) is 0 Å². The molecule has 25 heavy (non-hydrogen) atoms. The van der Waals surface area contributed by atoms with E-state index in [4.69, 9.17) is 9.47 Å². The molecule has 1 aromatic carbocycles. The fraction of sp³-hybridized carbons (Fsp3) is 0.526. The topological polar surface area (TPSA) is 48.3 Å². The molecule has 0 atom stereocenters. The monoisotopic (exact) mass is 347 g/mol. The lowest BCUT2D eigenvalue weighted by molar-refractivity contribution is 0.0367. The van der Waals surface area contributed by atoms with Crippen LogP contribution in [0.15, 0.2) is 30.5 Å². The fourth-order valence-electron chi connectivity index (χ4n) is 3.54. The highest BCUT2D eigenvalue weighted by atomic mass is 19.1. The number of rotatable bonds is 7. The Morgan fingerprint density at radius 2 is 2.12 bits per heavy atom. The Hall–Kier alpha value is -1.92. The van der Waals surface area contributed by atoms with Gasteiger partial charge in [0.25, 0.3) is 0 Å². The zero-order chi connectivity index (χ0) is 17.7. The Morgan fingerprint density at radius 3 is 2.80 bits per heavy atom. The predicted octanol–water partition coefficient (Wildman–Crippen LogP) is 2.89. The van der Waals surface area contributed by atoms with E-state index in [9.17, 15) is 4.39 Å². The summed E-state index contributed by atoms with van der Waals surface area (Å²) in [7, 11) is 1.48. The van der Waals surface area contributed by atoms with Gasteiger partial charge in [0.05, 0.1) is 7.11 Å². The Balaban J connectivity index is 1.75. The number of ether oxygens (including phenoxy) is 2. The van der Waals surface area contributed by atoms with Gasteiger partial charge < -0.3 is 14.8 Å². The molecule has 2 heterocycles. The van der Waals surface area contributed by atoms with Gasteiger partial charge in [0.15, 0.2) is 11.6 Å². The lowest BCUT2D eigenvalue weighted by Crippen LogP contribution is -2.47. The SMILES string of the molecule is CCn1nccc1CCNC1(c2ccc(OC)c(F)c2)CCOCC1. The number of aryl methyl sites for hydroxylation is 1. The number of methoxy groups -OCH3 is 1. The molecule has 2 aromatic rings. The summed E-state index contributed by atoms with van der Waals surface area (Å²) in [6.45, 7) is 5.11. The molecule has 136 valence electrons. The van der Waals surface area contributed by atoms with E-state index in [1.165, 1.54) is 12.8 Å². The zero-order valence-corrected chi connectivity index (χ0v) is 14.9. The molecule has 1 aromatic heterocycles. The first kappa shape index (κ1) is 17.9. The van der Waals surface area contributed by atoms with Gasteiger partial charge in [-0.05, 0) is 43.5 Å². The first-order chi connectivity index (χ1) is 12.2. The van der Waals surface area contributed by atoms with E-state index in [1.54, 1.807) is 12.1 Å². The lowest BCUT2D eigenvalue weighted by atomic mass is 9.82. The number of hydrogen-bond donors (Lipinski definition) is 1. The maximum Gasteiger partial charge on any atom is 0.165 e. The first-order valence-corrected chi connectivity index (χ1v) is 8.86. The van der Waals surface area contributed by atoms with E-state index >= 15 is 0 Å². The normalized spacial score (nSPS) is 16.8. The van der Waals surface area contributed by atoms with Crippen LogP contribution < -0.4 is 10.1 Å². The van der Waals surface area contributed by atoms with Crippen molar-refractivity contribution in [3.05, 3.63) is 47.5 Å². The highest BCUT2D eigenvalue weighted by Gasteiger charge is 2.34. The molecule has 5 nitrogen and oxygen atoms in total. The molecule has 0 amide bonds. The lowest BCUT2D eigenvalue weighted by Gasteiger charge is -2.39. The van der Waals surface area contributed by atoms with Gasteiger partial charge in [0.1, 0.15) is 0 Å². The molecular weight excluding hydrogens is 321 g/mol. The van der Waals surface area contributed by atoms with Crippen LogP contribution >= 0.6 is 0 Å². The second-order valence-corrected chi connectivity index (χ2v) is 6.36. The molecule has 1 fully saturated rings. The van der Waals surface area contributed by atoms with Gasteiger partial charge in [0, 0.05) is 50.2 Å². The summed E-state index contributed by atoms with van der Waals surface area (Å²) in [4.78, 5) is 0. The average molecular weight is 347 g/mol. The van der Waals surface area contributed by atoms with Crippen LogP contribution in [0.5, 0.6) is 5.75 Å². The maximum absolute atomic E-state index is 14.2. The van der Waals surface area contributed by atoms with Crippen molar-refractivity contribution in [1.82, 2.24) is 15.1 Å². The summed E-state index contributed by atoms with van der Waals surface area (Å²) in [5, 5.41) is 7.99. The third kappa shape index (κ3) is 3.85. The van der Waals surface area contributed by atoms with Crippen LogP contribution in [-0.4, -0.2) is 36.6 Å². The van der Waals surface area contributed by atoms with Crippen molar-refractivity contribution in [3.8, 4) is 5.75 Å². The Labute approximate surface area is 148 Å². The van der Waals surface area contributed by atoms with Crippen molar-refractivity contribution in [2.45, 2.75) is 38.3 Å². The zero-order valence-electron chi connectivity index (χ0n) is 14.9. The summed E-state index contributed by atoms with van der Waals surface area (Å²) >= 11 is 0. The molecule has 3 rings (SSSR count). The molecule has 1 saturated heterocycles. The Bertz CT molecular complexity index is 696. The second-order valence-electron chi connectivity index (χ2n) is 6.36. The predicted molar refractivity (Wildman–Crippen MR) is 94.3 cm³/mol. The molecule has 1 aliphatic rings. The smallest absolute Gasteiger partial charge is 0.165 e. The van der Waals surface area contributed by atoms with Gasteiger partial charge in [-0.1, -0.05) is 6.07 Å². The quantitative estimate of drug-likeness (QED) is 0.837. The van der Waals surface area contributed by atoms with Crippen molar-refractivity contribution in [1.29, 1.82) is 0 Å². The molecule has 0 bridgehead atoms. The van der Waals surface area contributed by atoms with Crippen molar-refractivity contribution in [3.63, 3.8) is 0 Å². The number of hydrogen-bond acceptors (Lipinski definition) is 4. The number of benzene rings is 1. The van der Waals surface area contributed by atoms with Gasteiger partial charge in [-0.3, -0.25) is 4.68 Å². The number of nitrogens with one attached hydrogen (secondary N) is 1. The molecule has 0 unspecified atom stereocenters. The molecule has 1 aliphatic heterocycles. The van der Waals surface area contributed by atoms with E-state index in [0.717, 1.165) is 37.9 Å². The minimum absolute atomic E-state index is 0.261. The number of nitrogens with zero attached hydrogens (tertiary/aromatic N) is 2. The average Bonchev–Trinajstić information content (AvgIpc) is 3.10. The maximum atomic E-state index is 14.2. The second kappa shape index (κ2) is 7.97. The van der Waals surface area contributed by atoms with Gasteiger partial charge in [-0.15, -0.1) is 0 Å². The molecule has 0 saturated carbocycles. The molecule has 6 heteroatoms. The van der Waals surface area contributed by atoms with Crippen LogP contribution in [0.1, 0.15) is 31.0 Å². The molecular formula is C19H26FN3O2. The fourth-order valence-corrected chi connectivity index (χ4v) is 3.54. The highest BCUT2D eigenvalue weighted by Crippen LogP contribution is 2.34. The summed E-state index contributed by atoms with van der Waals surface area (Å²) < 4.78 is 26.8. The summed E-state index contributed by atoms with van der Waals surface area (Å²) in [6.07, 6.45) is 4.37. The van der Waals surface area contributed by atoms with E-state index in [-0.39, 0.29) is 17.1 Å². The van der Waals surface area contributed by atoms with Crippen LogP contribution in [0, 0.1) is 5.82 Å². The molecule has 0 aliphatic carbocycles. The summed E-state index contributed by atoms with van der Waals surface area (Å²) in [5.41, 5.74) is 1.90. The minimum atomic E-state index is -0.322. The van der Waals surface area contributed by atoms with Gasteiger partial charge >= 0.3 is 0 Å². The van der Waals surface area contributed by atoms with Crippen LogP contribution in [0.2, 0.25) is 0 Å². The molecule has 0 radical (unpaired) electrons. The summed E-state index contributed by atoms with van der Waals surface area (Å²) in [5.74, 6) is -0.0467. The van der Waals surface area contributed by atoms with Gasteiger partial charge in [-0.2, -0.15) is 5.10 Å². The largest absolute Gasteiger partial charge is 0.494 e. The molecule has 1 N–H and O–H groups in total. The third-order valence-electron chi connectivity index (χ3n) is 5.00. The van der Waals surface area contributed by atoms with Crippen LogP contribution in [-0.2, 0) is 23.2 Å². The number of halogens is 1. The summed E-state index contributed by atoms with van der Waals surface area (Å²) in [6, 6.07) is 7.30. The highest BCUT2D eigenvalue weighted by molar-refractivity contribution is 5.34.